The average Bonchev–Trinajstić information content (AvgIpc) is 2.35. The summed E-state index contributed by atoms with van der Waals surface area (Å²) in [5.41, 5.74) is 0. The molecule has 17 heavy (non-hydrogen) atoms. The average molecular weight is 255 g/mol. The van der Waals surface area contributed by atoms with Gasteiger partial charge in [0.25, 0.3) is 0 Å². The maximum absolute atomic E-state index is 12.7. The molecule has 0 fully saturated rings. The van der Waals surface area contributed by atoms with Crippen molar-refractivity contribution < 1.29 is 4.39 Å². The van der Waals surface area contributed by atoms with Gasteiger partial charge in [-0.05, 0) is 37.2 Å². The second kappa shape index (κ2) is 9.49. The van der Waals surface area contributed by atoms with Crippen LogP contribution < -0.4 is 5.32 Å². The Bertz CT molecular complexity index is 287. The van der Waals surface area contributed by atoms with Crippen molar-refractivity contribution in [2.75, 3.05) is 18.8 Å². The van der Waals surface area contributed by atoms with E-state index in [0.717, 1.165) is 23.7 Å². The molecule has 0 aromatic heterocycles. The van der Waals surface area contributed by atoms with Gasteiger partial charge in [0.15, 0.2) is 0 Å². The topological polar surface area (TPSA) is 12.0 Å². The van der Waals surface area contributed by atoms with Crippen LogP contribution in [0.2, 0.25) is 0 Å². The zero-order valence-electron chi connectivity index (χ0n) is 10.5. The van der Waals surface area contributed by atoms with Crippen LogP contribution in [0.25, 0.3) is 0 Å². The lowest BCUT2D eigenvalue weighted by molar-refractivity contribution is 0.613. The Morgan fingerprint density at radius 3 is 2.53 bits per heavy atom. The van der Waals surface area contributed by atoms with Crippen LogP contribution >= 0.6 is 11.8 Å². The van der Waals surface area contributed by atoms with Crippen LogP contribution in [-0.2, 0) is 0 Å². The van der Waals surface area contributed by atoms with E-state index in [4.69, 9.17) is 0 Å². The number of nitrogens with one attached hydrogen (secondary N) is 1. The fraction of sp³-hybridized carbons (Fsp3) is 0.571. The maximum atomic E-state index is 12.7. The standard InChI is InChI=1S/C14H22FNS/c1-2-3-4-5-10-16-11-12-17-14-8-6-13(15)7-9-14/h6-9,16H,2-5,10-12H2,1H3. The molecule has 0 aliphatic heterocycles. The highest BCUT2D eigenvalue weighted by atomic mass is 32.2. The Labute approximate surface area is 108 Å². The van der Waals surface area contributed by atoms with Crippen molar-refractivity contribution in [2.24, 2.45) is 0 Å². The Morgan fingerprint density at radius 2 is 1.82 bits per heavy atom. The van der Waals surface area contributed by atoms with E-state index in [1.54, 1.807) is 11.8 Å². The fourth-order valence-electron chi connectivity index (χ4n) is 1.57. The molecule has 0 amide bonds. The lowest BCUT2D eigenvalue weighted by Crippen LogP contribution is -2.18. The molecular formula is C14H22FNS. The lowest BCUT2D eigenvalue weighted by atomic mass is 10.2. The molecule has 0 unspecified atom stereocenters. The van der Waals surface area contributed by atoms with Gasteiger partial charge in [-0.3, -0.25) is 0 Å². The third-order valence-electron chi connectivity index (χ3n) is 2.57. The van der Waals surface area contributed by atoms with Crippen molar-refractivity contribution in [3.8, 4) is 0 Å². The van der Waals surface area contributed by atoms with Gasteiger partial charge in [0, 0.05) is 17.2 Å². The molecule has 1 aromatic carbocycles. The fourth-order valence-corrected chi connectivity index (χ4v) is 2.38. The van der Waals surface area contributed by atoms with Crippen molar-refractivity contribution in [1.29, 1.82) is 0 Å². The van der Waals surface area contributed by atoms with Crippen LogP contribution in [-0.4, -0.2) is 18.8 Å². The quantitative estimate of drug-likeness (QED) is 0.527. The van der Waals surface area contributed by atoms with Gasteiger partial charge in [0.05, 0.1) is 0 Å². The second-order valence-electron chi connectivity index (χ2n) is 4.11. The predicted octanol–water partition coefficient (Wildman–Crippen LogP) is 4.09. The van der Waals surface area contributed by atoms with E-state index in [1.165, 1.54) is 37.8 Å². The molecule has 3 heteroatoms. The Morgan fingerprint density at radius 1 is 1.06 bits per heavy atom. The first-order chi connectivity index (χ1) is 8.33. The molecule has 1 N–H and O–H groups in total. The third kappa shape index (κ3) is 7.40. The number of rotatable bonds is 9. The first-order valence-electron chi connectivity index (χ1n) is 6.42. The van der Waals surface area contributed by atoms with Crippen molar-refractivity contribution in [2.45, 2.75) is 37.5 Å². The minimum Gasteiger partial charge on any atom is -0.316 e. The van der Waals surface area contributed by atoms with Gasteiger partial charge in [0.1, 0.15) is 5.82 Å². The largest absolute Gasteiger partial charge is 0.316 e. The van der Waals surface area contributed by atoms with Gasteiger partial charge in [-0.1, -0.05) is 26.2 Å². The summed E-state index contributed by atoms with van der Waals surface area (Å²) in [5, 5.41) is 3.43. The number of hydrogen-bond donors (Lipinski definition) is 1. The summed E-state index contributed by atoms with van der Waals surface area (Å²) in [7, 11) is 0. The van der Waals surface area contributed by atoms with E-state index in [0.29, 0.717) is 0 Å². The highest BCUT2D eigenvalue weighted by Gasteiger charge is 1.94. The molecular weight excluding hydrogens is 233 g/mol. The van der Waals surface area contributed by atoms with Gasteiger partial charge in [0.2, 0.25) is 0 Å². The van der Waals surface area contributed by atoms with Crippen LogP contribution in [0.5, 0.6) is 0 Å². The summed E-state index contributed by atoms with van der Waals surface area (Å²) < 4.78 is 12.7. The molecule has 0 aliphatic carbocycles. The minimum atomic E-state index is -0.164. The van der Waals surface area contributed by atoms with Crippen molar-refractivity contribution in [3.05, 3.63) is 30.1 Å². The molecule has 0 bridgehead atoms. The molecule has 0 spiro atoms. The van der Waals surface area contributed by atoms with Gasteiger partial charge in [-0.25, -0.2) is 4.39 Å². The first-order valence-corrected chi connectivity index (χ1v) is 7.40. The van der Waals surface area contributed by atoms with E-state index < -0.39 is 0 Å². The minimum absolute atomic E-state index is 0.164. The van der Waals surface area contributed by atoms with E-state index in [2.05, 4.69) is 12.2 Å². The molecule has 0 saturated carbocycles. The second-order valence-corrected chi connectivity index (χ2v) is 5.28. The van der Waals surface area contributed by atoms with Gasteiger partial charge in [-0.15, -0.1) is 11.8 Å². The van der Waals surface area contributed by atoms with Crippen LogP contribution in [0.15, 0.2) is 29.2 Å². The Hall–Kier alpha value is -0.540. The number of benzene rings is 1. The Balaban J connectivity index is 1.95. The zero-order valence-corrected chi connectivity index (χ0v) is 11.4. The zero-order chi connectivity index (χ0) is 12.3. The molecule has 0 atom stereocenters. The molecule has 96 valence electrons. The van der Waals surface area contributed by atoms with Crippen LogP contribution in [0.3, 0.4) is 0 Å². The molecule has 0 aliphatic rings. The van der Waals surface area contributed by atoms with Gasteiger partial charge in [-0.2, -0.15) is 0 Å². The summed E-state index contributed by atoms with van der Waals surface area (Å²) in [5.74, 6) is 0.878. The smallest absolute Gasteiger partial charge is 0.123 e. The van der Waals surface area contributed by atoms with Crippen LogP contribution in [0.1, 0.15) is 32.6 Å². The summed E-state index contributed by atoms with van der Waals surface area (Å²) in [6.07, 6.45) is 5.23. The highest BCUT2D eigenvalue weighted by Crippen LogP contribution is 2.17. The normalized spacial score (nSPS) is 10.7. The number of hydrogen-bond acceptors (Lipinski definition) is 2. The predicted molar refractivity (Wildman–Crippen MR) is 74.1 cm³/mol. The van der Waals surface area contributed by atoms with E-state index in [9.17, 15) is 4.39 Å². The highest BCUT2D eigenvalue weighted by molar-refractivity contribution is 7.99. The SMILES string of the molecule is CCCCCCNCCSc1ccc(F)cc1. The van der Waals surface area contributed by atoms with Gasteiger partial charge >= 0.3 is 0 Å². The van der Waals surface area contributed by atoms with E-state index >= 15 is 0 Å². The van der Waals surface area contributed by atoms with Gasteiger partial charge < -0.3 is 5.32 Å². The van der Waals surface area contributed by atoms with Crippen LogP contribution in [0, 0.1) is 5.82 Å². The number of thioether (sulfide) groups is 1. The molecule has 0 heterocycles. The van der Waals surface area contributed by atoms with E-state index in [1.807, 2.05) is 12.1 Å². The Kier molecular flexibility index (Phi) is 8.10. The summed E-state index contributed by atoms with van der Waals surface area (Å²) in [6, 6.07) is 6.70. The maximum Gasteiger partial charge on any atom is 0.123 e. The molecule has 0 saturated heterocycles. The van der Waals surface area contributed by atoms with Crippen molar-refractivity contribution in [3.63, 3.8) is 0 Å². The molecule has 1 nitrogen and oxygen atoms in total. The van der Waals surface area contributed by atoms with Crippen molar-refractivity contribution in [1.82, 2.24) is 5.32 Å². The van der Waals surface area contributed by atoms with Crippen LogP contribution in [0.4, 0.5) is 4.39 Å². The summed E-state index contributed by atoms with van der Waals surface area (Å²) in [6.45, 7) is 4.37. The number of unbranched alkanes of at least 4 members (excludes halogenated alkanes) is 3. The van der Waals surface area contributed by atoms with Crippen molar-refractivity contribution >= 4 is 11.8 Å². The van der Waals surface area contributed by atoms with E-state index in [-0.39, 0.29) is 5.82 Å². The first kappa shape index (κ1) is 14.5. The molecule has 1 aromatic rings. The monoisotopic (exact) mass is 255 g/mol. The summed E-state index contributed by atoms with van der Waals surface area (Å²) >= 11 is 1.77. The molecule has 1 rings (SSSR count). The third-order valence-corrected chi connectivity index (χ3v) is 3.58. The lowest BCUT2D eigenvalue weighted by Gasteiger charge is -2.04. The molecule has 0 radical (unpaired) electrons. The summed E-state index contributed by atoms with van der Waals surface area (Å²) in [4.78, 5) is 1.14. The number of halogens is 1.